The molecule has 0 aliphatic carbocycles. The molecular weight excluding hydrogens is 184 g/mol. The summed E-state index contributed by atoms with van der Waals surface area (Å²) in [7, 11) is 0. The summed E-state index contributed by atoms with van der Waals surface area (Å²) in [6.45, 7) is 9.02. The number of hydrogen-bond donors (Lipinski definition) is 0. The van der Waals surface area contributed by atoms with Crippen LogP contribution in [-0.2, 0) is 0 Å². The minimum Gasteiger partial charge on any atom is -0.356 e. The summed E-state index contributed by atoms with van der Waals surface area (Å²) < 4.78 is 0. The fourth-order valence-corrected chi connectivity index (χ4v) is 2.08. The quantitative estimate of drug-likeness (QED) is 0.736. The van der Waals surface area contributed by atoms with Gasteiger partial charge >= 0.3 is 0 Å². The zero-order valence-electron chi connectivity index (χ0n) is 9.90. The van der Waals surface area contributed by atoms with E-state index in [0.717, 1.165) is 24.8 Å². The van der Waals surface area contributed by atoms with Gasteiger partial charge in [-0.05, 0) is 30.4 Å². The van der Waals surface area contributed by atoms with Crippen LogP contribution in [0.2, 0.25) is 0 Å². The standard InChI is InChI=1S/C13H20N2/c1-10(2)12-5-4-6-13(14-12)15-8-7-11(3)9-15/h4-6,10-11H,7-9H2,1-3H3. The number of anilines is 1. The first-order chi connectivity index (χ1) is 7.16. The Morgan fingerprint density at radius 2 is 2.20 bits per heavy atom. The van der Waals surface area contributed by atoms with Crippen LogP contribution in [0.1, 0.15) is 38.8 Å². The van der Waals surface area contributed by atoms with E-state index >= 15 is 0 Å². The Labute approximate surface area is 92.3 Å². The van der Waals surface area contributed by atoms with Crippen molar-refractivity contribution in [3.05, 3.63) is 23.9 Å². The molecule has 0 spiro atoms. The van der Waals surface area contributed by atoms with Gasteiger partial charge in [0, 0.05) is 18.8 Å². The molecule has 82 valence electrons. The van der Waals surface area contributed by atoms with Crippen molar-refractivity contribution >= 4 is 5.82 Å². The molecule has 0 N–H and O–H groups in total. The van der Waals surface area contributed by atoms with Crippen LogP contribution in [0.4, 0.5) is 5.82 Å². The minimum atomic E-state index is 0.518. The van der Waals surface area contributed by atoms with Gasteiger partial charge in [0.05, 0.1) is 0 Å². The summed E-state index contributed by atoms with van der Waals surface area (Å²) in [5, 5.41) is 0. The van der Waals surface area contributed by atoms with Gasteiger partial charge < -0.3 is 4.90 Å². The van der Waals surface area contributed by atoms with Gasteiger partial charge in [-0.25, -0.2) is 4.98 Å². The van der Waals surface area contributed by atoms with Gasteiger partial charge in [-0.3, -0.25) is 0 Å². The van der Waals surface area contributed by atoms with Gasteiger partial charge in [0.15, 0.2) is 0 Å². The van der Waals surface area contributed by atoms with Gasteiger partial charge in [0.2, 0.25) is 0 Å². The predicted molar refractivity (Wildman–Crippen MR) is 64.3 cm³/mol. The first-order valence-corrected chi connectivity index (χ1v) is 5.88. The second-order valence-electron chi connectivity index (χ2n) is 4.92. The number of hydrogen-bond acceptors (Lipinski definition) is 2. The van der Waals surface area contributed by atoms with E-state index in [1.54, 1.807) is 0 Å². The predicted octanol–water partition coefficient (Wildman–Crippen LogP) is 3.05. The third-order valence-electron chi connectivity index (χ3n) is 3.10. The molecule has 1 aliphatic rings. The van der Waals surface area contributed by atoms with Crippen molar-refractivity contribution in [3.63, 3.8) is 0 Å². The van der Waals surface area contributed by atoms with Gasteiger partial charge in [-0.2, -0.15) is 0 Å². The van der Waals surface area contributed by atoms with Crippen LogP contribution in [0.15, 0.2) is 18.2 Å². The number of nitrogens with zero attached hydrogens (tertiary/aromatic N) is 2. The number of rotatable bonds is 2. The van der Waals surface area contributed by atoms with Gasteiger partial charge in [-0.15, -0.1) is 0 Å². The molecular formula is C13H20N2. The van der Waals surface area contributed by atoms with Crippen molar-refractivity contribution in [2.45, 2.75) is 33.1 Å². The van der Waals surface area contributed by atoms with E-state index in [0.29, 0.717) is 5.92 Å². The highest BCUT2D eigenvalue weighted by Gasteiger charge is 2.19. The smallest absolute Gasteiger partial charge is 0.128 e. The van der Waals surface area contributed by atoms with Gasteiger partial charge in [-0.1, -0.05) is 26.8 Å². The third-order valence-corrected chi connectivity index (χ3v) is 3.10. The van der Waals surface area contributed by atoms with E-state index in [2.05, 4.69) is 43.9 Å². The van der Waals surface area contributed by atoms with Crippen molar-refractivity contribution in [1.82, 2.24) is 4.98 Å². The molecule has 1 aromatic heterocycles. The monoisotopic (exact) mass is 204 g/mol. The number of pyridine rings is 1. The highest BCUT2D eigenvalue weighted by molar-refractivity contribution is 5.40. The first kappa shape index (κ1) is 10.5. The van der Waals surface area contributed by atoms with Crippen LogP contribution in [0.25, 0.3) is 0 Å². The average molecular weight is 204 g/mol. The Kier molecular flexibility index (Phi) is 2.94. The van der Waals surface area contributed by atoms with E-state index in [9.17, 15) is 0 Å². The highest BCUT2D eigenvalue weighted by atomic mass is 15.2. The van der Waals surface area contributed by atoms with Gasteiger partial charge in [0.1, 0.15) is 5.82 Å². The largest absolute Gasteiger partial charge is 0.356 e. The Hall–Kier alpha value is -1.05. The lowest BCUT2D eigenvalue weighted by Gasteiger charge is -2.18. The maximum Gasteiger partial charge on any atom is 0.128 e. The molecule has 1 unspecified atom stereocenters. The second-order valence-corrected chi connectivity index (χ2v) is 4.92. The van der Waals surface area contributed by atoms with E-state index in [1.165, 1.54) is 12.1 Å². The molecule has 0 saturated carbocycles. The van der Waals surface area contributed by atoms with Gasteiger partial charge in [0.25, 0.3) is 0 Å². The maximum absolute atomic E-state index is 4.71. The zero-order chi connectivity index (χ0) is 10.8. The maximum atomic E-state index is 4.71. The van der Waals surface area contributed by atoms with Crippen molar-refractivity contribution in [1.29, 1.82) is 0 Å². The fourth-order valence-electron chi connectivity index (χ4n) is 2.08. The summed E-state index contributed by atoms with van der Waals surface area (Å²) in [6, 6.07) is 6.37. The topological polar surface area (TPSA) is 16.1 Å². The van der Waals surface area contributed by atoms with Crippen molar-refractivity contribution in [2.24, 2.45) is 5.92 Å². The van der Waals surface area contributed by atoms with E-state index in [4.69, 9.17) is 4.98 Å². The Bertz CT molecular complexity index is 333. The molecule has 2 heteroatoms. The normalized spacial score (nSPS) is 21.3. The molecule has 1 atom stereocenters. The molecule has 2 rings (SSSR count). The molecule has 1 saturated heterocycles. The molecule has 0 radical (unpaired) electrons. The summed E-state index contributed by atoms with van der Waals surface area (Å²) in [5.41, 5.74) is 1.20. The Balaban J connectivity index is 2.18. The first-order valence-electron chi connectivity index (χ1n) is 5.88. The summed E-state index contributed by atoms with van der Waals surface area (Å²) in [4.78, 5) is 7.11. The summed E-state index contributed by atoms with van der Waals surface area (Å²) in [5.74, 6) is 2.49. The SMILES string of the molecule is CC1CCN(c2cccc(C(C)C)n2)C1. The highest BCUT2D eigenvalue weighted by Crippen LogP contribution is 2.23. The van der Waals surface area contributed by atoms with E-state index in [1.807, 2.05) is 0 Å². The lowest BCUT2D eigenvalue weighted by atomic mass is 10.1. The molecule has 1 aliphatic heterocycles. The van der Waals surface area contributed by atoms with Crippen molar-refractivity contribution in [3.8, 4) is 0 Å². The van der Waals surface area contributed by atoms with Crippen LogP contribution in [0.5, 0.6) is 0 Å². The van der Waals surface area contributed by atoms with Crippen molar-refractivity contribution < 1.29 is 0 Å². The molecule has 0 bridgehead atoms. The molecule has 2 nitrogen and oxygen atoms in total. The van der Waals surface area contributed by atoms with Crippen molar-refractivity contribution in [2.75, 3.05) is 18.0 Å². The molecule has 2 heterocycles. The minimum absolute atomic E-state index is 0.518. The van der Waals surface area contributed by atoms with Crippen LogP contribution < -0.4 is 4.90 Å². The van der Waals surface area contributed by atoms with E-state index in [-0.39, 0.29) is 0 Å². The van der Waals surface area contributed by atoms with E-state index < -0.39 is 0 Å². The second kappa shape index (κ2) is 4.21. The van der Waals surface area contributed by atoms with Crippen LogP contribution in [-0.4, -0.2) is 18.1 Å². The molecule has 15 heavy (non-hydrogen) atoms. The Morgan fingerprint density at radius 3 is 2.80 bits per heavy atom. The number of aromatic nitrogens is 1. The fraction of sp³-hybridized carbons (Fsp3) is 0.615. The molecule has 1 aromatic rings. The Morgan fingerprint density at radius 1 is 1.40 bits per heavy atom. The van der Waals surface area contributed by atoms with Crippen LogP contribution >= 0.6 is 0 Å². The third kappa shape index (κ3) is 2.31. The molecule has 0 amide bonds. The van der Waals surface area contributed by atoms with Crippen LogP contribution in [0.3, 0.4) is 0 Å². The van der Waals surface area contributed by atoms with Crippen LogP contribution in [0, 0.1) is 5.92 Å². The zero-order valence-corrected chi connectivity index (χ0v) is 9.90. The summed E-state index contributed by atoms with van der Waals surface area (Å²) in [6.07, 6.45) is 1.30. The molecule has 0 aromatic carbocycles. The average Bonchev–Trinajstić information content (AvgIpc) is 2.65. The lowest BCUT2D eigenvalue weighted by molar-refractivity contribution is 0.658. The molecule has 1 fully saturated rings. The lowest BCUT2D eigenvalue weighted by Crippen LogP contribution is -2.20. The summed E-state index contributed by atoms with van der Waals surface area (Å²) >= 11 is 0.